The van der Waals surface area contributed by atoms with Crippen molar-refractivity contribution >= 4 is 17.8 Å². The Hall–Kier alpha value is -2.07. The highest BCUT2D eigenvalue weighted by atomic mass is 16.6. The van der Waals surface area contributed by atoms with Crippen molar-refractivity contribution in [2.24, 2.45) is 0 Å². The fourth-order valence-electron chi connectivity index (χ4n) is 2.96. The zero-order valence-electron chi connectivity index (χ0n) is 27.7. The van der Waals surface area contributed by atoms with Crippen LogP contribution in [0.5, 0.6) is 0 Å². The van der Waals surface area contributed by atoms with Gasteiger partial charge in [0.1, 0.15) is 19.8 Å². The number of hydrogen-bond acceptors (Lipinski definition) is 16. The van der Waals surface area contributed by atoms with Gasteiger partial charge in [-0.2, -0.15) is 0 Å². The number of rotatable bonds is 39. The molecule has 0 unspecified atom stereocenters. The van der Waals surface area contributed by atoms with Gasteiger partial charge in [0.2, 0.25) is 5.91 Å². The predicted molar refractivity (Wildman–Crippen MR) is 162 cm³/mol. The highest BCUT2D eigenvalue weighted by molar-refractivity contribution is 5.77. The van der Waals surface area contributed by atoms with Crippen LogP contribution in [0.15, 0.2) is 0 Å². The topological polar surface area (TPSA) is 203 Å². The van der Waals surface area contributed by atoms with Crippen molar-refractivity contribution in [2.75, 3.05) is 172 Å². The van der Waals surface area contributed by atoms with Gasteiger partial charge in [0, 0.05) is 6.54 Å². The Morgan fingerprint density at radius 1 is 0.404 bits per heavy atom. The molecule has 0 aromatic rings. The van der Waals surface area contributed by atoms with E-state index in [4.69, 9.17) is 57.2 Å². The summed E-state index contributed by atoms with van der Waals surface area (Å²) in [5.74, 6) is -1.94. The highest BCUT2D eigenvalue weighted by Crippen LogP contribution is 1.87. The van der Waals surface area contributed by atoms with Gasteiger partial charge >= 0.3 is 11.9 Å². The molecule has 1 amide bonds. The van der Waals surface area contributed by atoms with E-state index in [9.17, 15) is 14.4 Å². The lowest BCUT2D eigenvalue weighted by Crippen LogP contribution is -2.31. The molecule has 0 saturated carbocycles. The van der Waals surface area contributed by atoms with E-state index in [0.717, 1.165) is 0 Å². The molecule has 0 aromatic heterocycles. The van der Waals surface area contributed by atoms with Gasteiger partial charge < -0.3 is 72.0 Å². The van der Waals surface area contributed by atoms with Crippen LogP contribution in [0.2, 0.25) is 0 Å². The van der Waals surface area contributed by atoms with Crippen LogP contribution in [0.1, 0.15) is 0 Å². The van der Waals surface area contributed by atoms with E-state index < -0.39 is 24.5 Å². The first-order valence-electron chi connectivity index (χ1n) is 15.5. The average molecular weight is 690 g/mol. The van der Waals surface area contributed by atoms with Crippen molar-refractivity contribution in [3.8, 4) is 0 Å². The van der Waals surface area contributed by atoms with E-state index in [2.05, 4.69) is 14.8 Å². The number of carbonyl (C=O) groups excluding carboxylic acids is 2. The molecule has 0 saturated heterocycles. The molecule has 47 heavy (non-hydrogen) atoms. The van der Waals surface area contributed by atoms with Crippen molar-refractivity contribution in [3.63, 3.8) is 0 Å². The van der Waals surface area contributed by atoms with Gasteiger partial charge in [-0.25, -0.2) is 9.59 Å². The van der Waals surface area contributed by atoms with Crippen LogP contribution in [0.3, 0.4) is 0 Å². The number of hydrogen-bond donors (Lipinski definition) is 2. The van der Waals surface area contributed by atoms with Crippen LogP contribution in [0.25, 0.3) is 0 Å². The smallest absolute Gasteiger partial charge is 0.331 e. The zero-order chi connectivity index (χ0) is 34.3. The van der Waals surface area contributed by atoms with Crippen LogP contribution >= 0.6 is 0 Å². The third-order valence-electron chi connectivity index (χ3n) is 5.19. The first-order valence-corrected chi connectivity index (χ1v) is 15.5. The predicted octanol–water partition coefficient (Wildman–Crippen LogP) is -1.44. The molecule has 0 aromatic carbocycles. The number of carboxylic acids is 1. The molecule has 0 rings (SSSR count). The van der Waals surface area contributed by atoms with Gasteiger partial charge in [0.25, 0.3) is 0 Å². The van der Waals surface area contributed by atoms with Crippen LogP contribution < -0.4 is 5.32 Å². The zero-order valence-corrected chi connectivity index (χ0v) is 27.7. The Balaban J connectivity index is 3.10. The third-order valence-corrected chi connectivity index (χ3v) is 5.19. The van der Waals surface area contributed by atoms with Crippen LogP contribution in [-0.4, -0.2) is 195 Å². The van der Waals surface area contributed by atoms with Crippen molar-refractivity contribution in [1.82, 2.24) is 5.32 Å². The van der Waals surface area contributed by atoms with Gasteiger partial charge in [-0.05, 0) is 0 Å². The van der Waals surface area contributed by atoms with Crippen molar-refractivity contribution in [3.05, 3.63) is 0 Å². The minimum Gasteiger partial charge on any atom is -0.480 e. The summed E-state index contributed by atoms with van der Waals surface area (Å²) >= 11 is 0. The lowest BCUT2D eigenvalue weighted by molar-refractivity contribution is -0.146. The van der Waals surface area contributed by atoms with Gasteiger partial charge in [0.15, 0.2) is 0 Å². The minimum absolute atomic E-state index is 0.0796. The molecule has 0 bridgehead atoms. The number of carbonyl (C=O) groups is 3. The first kappa shape index (κ1) is 44.9. The molecule has 0 aliphatic heterocycles. The second-order valence-corrected chi connectivity index (χ2v) is 8.99. The molecular formula is C29H55NO17. The molecule has 278 valence electrons. The molecule has 0 aliphatic carbocycles. The fraction of sp³-hybridized carbons (Fsp3) is 0.897. The van der Waals surface area contributed by atoms with Gasteiger partial charge in [-0.15, -0.1) is 0 Å². The molecule has 0 radical (unpaired) electrons. The Kier molecular flexibility index (Phi) is 36.7. The number of esters is 1. The number of aliphatic carboxylic acids is 1. The standard InChI is InChI=1S/C29H55NO17/c1-35-29(34)26-46-23-22-45-21-20-44-19-18-43-17-16-42-15-14-41-13-12-40-11-10-39-9-8-38-7-6-37-5-4-36-3-2-30-27(31)24-47-25-28(32)33/h2-26H2,1H3,(H,30,31)(H,32,33). The Bertz CT molecular complexity index is 704. The molecule has 2 N–H and O–H groups in total. The molecule has 0 aliphatic rings. The first-order chi connectivity index (χ1) is 23.1. The average Bonchev–Trinajstić information content (AvgIpc) is 3.06. The minimum atomic E-state index is -1.13. The summed E-state index contributed by atoms with van der Waals surface area (Å²) in [7, 11) is 1.31. The molecule has 0 atom stereocenters. The molecule has 0 heterocycles. The number of ether oxygens (including phenoxy) is 13. The van der Waals surface area contributed by atoms with Crippen molar-refractivity contribution < 1.29 is 81.1 Å². The summed E-state index contributed by atoms with van der Waals surface area (Å²) in [6.45, 7) is 8.51. The molecular weight excluding hydrogens is 634 g/mol. The summed E-state index contributed by atoms with van der Waals surface area (Å²) in [4.78, 5) is 32.5. The summed E-state index contributed by atoms with van der Waals surface area (Å²) in [6.07, 6.45) is 0. The maximum Gasteiger partial charge on any atom is 0.331 e. The van der Waals surface area contributed by atoms with E-state index in [-0.39, 0.29) is 13.2 Å². The van der Waals surface area contributed by atoms with E-state index in [1.165, 1.54) is 7.11 Å². The van der Waals surface area contributed by atoms with E-state index in [1.54, 1.807) is 0 Å². The maximum absolute atomic E-state index is 11.3. The van der Waals surface area contributed by atoms with Gasteiger partial charge in [-0.1, -0.05) is 0 Å². The van der Waals surface area contributed by atoms with Crippen LogP contribution in [0, 0.1) is 0 Å². The van der Waals surface area contributed by atoms with Gasteiger partial charge in [-0.3, -0.25) is 4.79 Å². The normalized spacial score (nSPS) is 11.2. The maximum atomic E-state index is 11.3. The lowest BCUT2D eigenvalue weighted by atomic mass is 10.6. The summed E-state index contributed by atoms with van der Waals surface area (Å²) in [5, 5.41) is 11.0. The molecule has 0 fully saturated rings. The Labute approximate surface area is 276 Å². The number of carboxylic acid groups (broad SMARTS) is 1. The van der Waals surface area contributed by atoms with Crippen LogP contribution in [-0.2, 0) is 76.0 Å². The lowest BCUT2D eigenvalue weighted by Gasteiger charge is -2.09. The number of nitrogens with one attached hydrogen (secondary N) is 1. The summed E-state index contributed by atoms with van der Waals surface area (Å²) in [6, 6.07) is 0. The van der Waals surface area contributed by atoms with E-state index in [0.29, 0.717) is 145 Å². The second kappa shape index (κ2) is 38.4. The Morgan fingerprint density at radius 3 is 1.00 bits per heavy atom. The SMILES string of the molecule is COC(=O)COCCOCCOCCOCCOCCOCCOCCOCCOCCOCCOCCNC(=O)COCC(=O)O. The summed E-state index contributed by atoms with van der Waals surface area (Å²) < 4.78 is 68.2. The van der Waals surface area contributed by atoms with E-state index in [1.807, 2.05) is 0 Å². The Morgan fingerprint density at radius 2 is 0.702 bits per heavy atom. The summed E-state index contributed by atoms with van der Waals surface area (Å²) in [5.41, 5.74) is 0. The van der Waals surface area contributed by atoms with E-state index >= 15 is 0 Å². The van der Waals surface area contributed by atoms with Crippen LogP contribution in [0.4, 0.5) is 0 Å². The molecule has 18 heteroatoms. The number of methoxy groups -OCH3 is 1. The number of amides is 1. The second-order valence-electron chi connectivity index (χ2n) is 8.99. The monoisotopic (exact) mass is 689 g/mol. The largest absolute Gasteiger partial charge is 0.480 e. The van der Waals surface area contributed by atoms with Crippen molar-refractivity contribution in [1.29, 1.82) is 0 Å². The third kappa shape index (κ3) is 40.0. The van der Waals surface area contributed by atoms with Crippen molar-refractivity contribution in [2.45, 2.75) is 0 Å². The highest BCUT2D eigenvalue weighted by Gasteiger charge is 2.03. The fourth-order valence-corrected chi connectivity index (χ4v) is 2.96. The van der Waals surface area contributed by atoms with Gasteiger partial charge in [0.05, 0.1) is 146 Å². The molecule has 18 nitrogen and oxygen atoms in total. The molecule has 0 spiro atoms. The quantitative estimate of drug-likeness (QED) is 0.0560.